The van der Waals surface area contributed by atoms with E-state index in [2.05, 4.69) is 20.9 Å². The zero-order chi connectivity index (χ0) is 46.0. The van der Waals surface area contributed by atoms with Gasteiger partial charge in [-0.25, -0.2) is 19.6 Å². The highest BCUT2D eigenvalue weighted by Crippen LogP contribution is 2.33. The number of aromatic nitrogens is 2. The Balaban J connectivity index is 0.000000985. The van der Waals surface area contributed by atoms with Crippen molar-refractivity contribution in [3.05, 3.63) is 88.5 Å². The maximum absolute atomic E-state index is 14.7. The van der Waals surface area contributed by atoms with Gasteiger partial charge in [-0.3, -0.25) is 49.0 Å². The Morgan fingerprint density at radius 2 is 1.65 bits per heavy atom. The lowest BCUT2D eigenvalue weighted by molar-refractivity contribution is -0.192. The molecule has 1 atom stereocenters. The maximum Gasteiger partial charge on any atom is 0.490 e. The molecule has 3 aromatic carbocycles. The molecule has 2 aliphatic rings. The zero-order valence-electron chi connectivity index (χ0n) is 33.5. The number of ether oxygens (including phenoxy) is 1. The summed E-state index contributed by atoms with van der Waals surface area (Å²) >= 11 is 0. The lowest BCUT2D eigenvalue weighted by atomic mass is 10.0. The Morgan fingerprint density at radius 1 is 0.937 bits per heavy atom. The van der Waals surface area contributed by atoms with E-state index in [1.54, 1.807) is 25.1 Å². The van der Waals surface area contributed by atoms with Gasteiger partial charge in [-0.2, -0.15) is 13.2 Å². The molecule has 0 saturated carbocycles. The summed E-state index contributed by atoms with van der Waals surface area (Å²) in [5.41, 5.74) is 3.81. The molecule has 22 heteroatoms. The number of imide groups is 2. The normalized spacial score (nSPS) is 14.7. The number of anilines is 1. The Morgan fingerprint density at radius 3 is 2.33 bits per heavy atom. The number of nitrogens with zero attached hydrogens (tertiary/aromatic N) is 3. The van der Waals surface area contributed by atoms with E-state index in [9.17, 15) is 51.1 Å². The molecule has 7 amide bonds. The molecule has 63 heavy (non-hydrogen) atoms. The summed E-state index contributed by atoms with van der Waals surface area (Å²) < 4.78 is 53.9. The van der Waals surface area contributed by atoms with E-state index in [-0.39, 0.29) is 54.3 Å². The van der Waals surface area contributed by atoms with Crippen molar-refractivity contribution < 1.29 is 71.0 Å². The standard InChI is InChI=1S/C39H40FN7O9.C2HF3O2/c1-22-42-28-19-25(13-14-29(28)46(22)20-24-12-11-23(18-27(24)40)36(51)45-55)43-32(48)10-5-3-2-4-6-17-41-34(50)21-56-31-9-7-8-26-35(31)39(54)47(38(26)53)30-15-16-33(49)44-37(30)52;3-2(4,5)1(6)7/h7-9,11-14,18-19,30,55H,2-6,10,15-17,20-21H2,1H3,(H,41,50)(H,43,48)(H,45,51)(H,44,49,52);(H,6,7). The summed E-state index contributed by atoms with van der Waals surface area (Å²) in [5.74, 6) is -6.58. The third kappa shape index (κ3) is 11.8. The number of carboxylic acid groups (broad SMARTS) is 1. The molecule has 4 aromatic rings. The van der Waals surface area contributed by atoms with Crippen LogP contribution in [0.4, 0.5) is 23.2 Å². The Kier molecular flexibility index (Phi) is 15.3. The first-order valence-electron chi connectivity index (χ1n) is 19.4. The number of hydrogen-bond donors (Lipinski definition) is 6. The number of unbranched alkanes of at least 4 members (excludes halogenated alkanes) is 4. The highest BCUT2D eigenvalue weighted by Gasteiger charge is 2.46. The van der Waals surface area contributed by atoms with Crippen molar-refractivity contribution in [2.45, 2.75) is 77.1 Å². The number of benzene rings is 3. The molecule has 1 fully saturated rings. The number of imidazole rings is 1. The van der Waals surface area contributed by atoms with Crippen LogP contribution in [0, 0.1) is 12.7 Å². The Labute approximate surface area is 354 Å². The molecule has 0 bridgehead atoms. The predicted octanol–water partition coefficient (Wildman–Crippen LogP) is 4.16. The van der Waals surface area contributed by atoms with E-state index in [0.29, 0.717) is 48.4 Å². The number of amides is 7. The molecule has 1 unspecified atom stereocenters. The summed E-state index contributed by atoms with van der Waals surface area (Å²) in [6.45, 7) is 1.97. The Bertz CT molecular complexity index is 2450. The van der Waals surface area contributed by atoms with Crippen molar-refractivity contribution in [1.29, 1.82) is 0 Å². The van der Waals surface area contributed by atoms with Crippen molar-refractivity contribution in [2.24, 2.45) is 0 Å². The number of nitrogens with one attached hydrogen (secondary N) is 4. The van der Waals surface area contributed by atoms with E-state index >= 15 is 0 Å². The van der Waals surface area contributed by atoms with Gasteiger partial charge in [0.15, 0.2) is 6.61 Å². The van der Waals surface area contributed by atoms with Crippen molar-refractivity contribution in [2.75, 3.05) is 18.5 Å². The molecule has 0 radical (unpaired) electrons. The molecule has 6 rings (SSSR count). The van der Waals surface area contributed by atoms with E-state index in [1.807, 2.05) is 4.57 Å². The second kappa shape index (κ2) is 20.6. The molecule has 6 N–H and O–H groups in total. The van der Waals surface area contributed by atoms with Crippen molar-refractivity contribution in [1.82, 2.24) is 30.6 Å². The minimum Gasteiger partial charge on any atom is -0.483 e. The number of aliphatic carboxylic acids is 1. The highest BCUT2D eigenvalue weighted by atomic mass is 19.4. The predicted molar refractivity (Wildman–Crippen MR) is 211 cm³/mol. The van der Waals surface area contributed by atoms with Crippen molar-refractivity contribution in [3.63, 3.8) is 0 Å². The average Bonchev–Trinajstić information content (AvgIpc) is 3.68. The number of aryl methyl sites for hydroxylation is 1. The number of fused-ring (bicyclic) bond motifs is 2. The molecule has 0 spiro atoms. The van der Waals surface area contributed by atoms with E-state index in [0.717, 1.165) is 35.7 Å². The van der Waals surface area contributed by atoms with Gasteiger partial charge in [-0.15, -0.1) is 0 Å². The molecule has 0 aliphatic carbocycles. The van der Waals surface area contributed by atoms with Crippen LogP contribution in [0.5, 0.6) is 5.75 Å². The number of carbonyl (C=O) groups excluding carboxylic acids is 7. The van der Waals surface area contributed by atoms with Crippen LogP contribution in [0.3, 0.4) is 0 Å². The smallest absolute Gasteiger partial charge is 0.483 e. The number of carboxylic acids is 1. The highest BCUT2D eigenvalue weighted by molar-refractivity contribution is 6.24. The third-order valence-corrected chi connectivity index (χ3v) is 9.90. The first-order chi connectivity index (χ1) is 29.9. The van der Waals surface area contributed by atoms with E-state index in [1.165, 1.54) is 35.8 Å². The number of hydrogen-bond acceptors (Lipinski definition) is 11. The zero-order valence-corrected chi connectivity index (χ0v) is 33.5. The monoisotopic (exact) mass is 883 g/mol. The van der Waals surface area contributed by atoms with Crippen LogP contribution in [0.2, 0.25) is 0 Å². The summed E-state index contributed by atoms with van der Waals surface area (Å²) in [6, 6.07) is 12.6. The molecule has 2 aliphatic heterocycles. The second-order valence-corrected chi connectivity index (χ2v) is 14.3. The summed E-state index contributed by atoms with van der Waals surface area (Å²) in [5, 5.41) is 23.7. The number of piperidine rings is 1. The van der Waals surface area contributed by atoms with Gasteiger partial charge in [0.1, 0.15) is 23.4 Å². The lowest BCUT2D eigenvalue weighted by Crippen LogP contribution is -2.54. The maximum atomic E-state index is 14.7. The number of carbonyl (C=O) groups is 8. The first-order valence-corrected chi connectivity index (χ1v) is 19.4. The third-order valence-electron chi connectivity index (χ3n) is 9.90. The second-order valence-electron chi connectivity index (χ2n) is 14.3. The molecule has 334 valence electrons. The summed E-state index contributed by atoms with van der Waals surface area (Å²) in [6.07, 6.45) is -0.845. The SMILES string of the molecule is Cc1nc2cc(NC(=O)CCCCCCCNC(=O)COc3cccc4c3C(=O)N(C3CCC(=O)NC3=O)C4=O)ccc2n1Cc1ccc(C(=O)NO)cc1F.O=C(O)C(F)(F)F. The van der Waals surface area contributed by atoms with Crippen LogP contribution in [-0.2, 0) is 30.5 Å². The van der Waals surface area contributed by atoms with Gasteiger partial charge in [0.2, 0.25) is 17.7 Å². The van der Waals surface area contributed by atoms with Gasteiger partial charge < -0.3 is 25.0 Å². The van der Waals surface area contributed by atoms with Gasteiger partial charge >= 0.3 is 12.1 Å². The van der Waals surface area contributed by atoms with Crippen LogP contribution in [-0.4, -0.2) is 97.5 Å². The number of hydroxylamine groups is 1. The minimum atomic E-state index is -5.08. The first kappa shape index (κ1) is 46.8. The van der Waals surface area contributed by atoms with Crippen LogP contribution in [0.25, 0.3) is 11.0 Å². The van der Waals surface area contributed by atoms with E-state index < -0.39 is 59.4 Å². The molecule has 1 aromatic heterocycles. The van der Waals surface area contributed by atoms with Crippen LogP contribution >= 0.6 is 0 Å². The quantitative estimate of drug-likeness (QED) is 0.0305. The summed E-state index contributed by atoms with van der Waals surface area (Å²) in [4.78, 5) is 101. The average molecular weight is 884 g/mol. The van der Waals surface area contributed by atoms with Gasteiger partial charge in [-0.1, -0.05) is 31.4 Å². The van der Waals surface area contributed by atoms with Crippen LogP contribution < -0.4 is 26.2 Å². The fourth-order valence-corrected chi connectivity index (χ4v) is 6.77. The molecule has 18 nitrogen and oxygen atoms in total. The minimum absolute atomic E-state index is 0.00300. The van der Waals surface area contributed by atoms with Crippen molar-refractivity contribution >= 4 is 64.0 Å². The van der Waals surface area contributed by atoms with E-state index in [4.69, 9.17) is 19.8 Å². The molecule has 1 saturated heterocycles. The van der Waals surface area contributed by atoms with Gasteiger partial charge in [0.05, 0.1) is 28.7 Å². The van der Waals surface area contributed by atoms with Gasteiger partial charge in [0, 0.05) is 36.2 Å². The Hall–Kier alpha value is -7.23. The lowest BCUT2D eigenvalue weighted by Gasteiger charge is -2.27. The summed E-state index contributed by atoms with van der Waals surface area (Å²) in [7, 11) is 0. The molecule has 3 heterocycles. The van der Waals surface area contributed by atoms with Crippen molar-refractivity contribution in [3.8, 4) is 5.75 Å². The number of rotatable bonds is 16. The number of halogens is 4. The topological polar surface area (TPSA) is 255 Å². The fourth-order valence-electron chi connectivity index (χ4n) is 6.77. The molecular weight excluding hydrogens is 842 g/mol. The van der Waals surface area contributed by atoms with Gasteiger partial charge in [-0.05, 0) is 68.7 Å². The van der Waals surface area contributed by atoms with Crippen LogP contribution in [0.1, 0.15) is 93.8 Å². The molecular formula is C41H41F4N7O11. The number of alkyl halides is 3. The van der Waals surface area contributed by atoms with Gasteiger partial charge in [0.25, 0.3) is 23.6 Å². The largest absolute Gasteiger partial charge is 0.490 e. The fraction of sp³-hybridized carbons (Fsp3) is 0.341. The van der Waals surface area contributed by atoms with Crippen LogP contribution in [0.15, 0.2) is 54.6 Å².